The summed E-state index contributed by atoms with van der Waals surface area (Å²) in [4.78, 5) is 1.23. The molecule has 0 aliphatic carbocycles. The van der Waals surface area contributed by atoms with E-state index in [2.05, 4.69) is 53.6 Å². The van der Waals surface area contributed by atoms with Gasteiger partial charge in [-0.05, 0) is 41.3 Å². The minimum absolute atomic E-state index is 1.03. The fraction of sp³-hybridized carbons (Fsp3) is 0. The van der Waals surface area contributed by atoms with E-state index in [-0.39, 0.29) is 0 Å². The summed E-state index contributed by atoms with van der Waals surface area (Å²) in [6.45, 7) is 0. The van der Waals surface area contributed by atoms with E-state index >= 15 is 0 Å². The van der Waals surface area contributed by atoms with Gasteiger partial charge in [-0.2, -0.15) is 0 Å². The maximum atomic E-state index is 3.21. The average molecular weight is 312 g/mol. The van der Waals surface area contributed by atoms with Gasteiger partial charge in [0.25, 0.3) is 0 Å². The molecule has 1 heterocycles. The van der Waals surface area contributed by atoms with Crippen LogP contribution in [0.15, 0.2) is 96.4 Å². The van der Waals surface area contributed by atoms with Gasteiger partial charge in [-0.3, -0.25) is 0 Å². The van der Waals surface area contributed by atoms with E-state index < -0.39 is 0 Å². The van der Waals surface area contributed by atoms with Crippen molar-refractivity contribution >= 4 is 11.3 Å². The van der Waals surface area contributed by atoms with E-state index in [0.29, 0.717) is 0 Å². The molecule has 0 aliphatic heterocycles. The third-order valence-corrected chi connectivity index (χ3v) is 4.18. The summed E-state index contributed by atoms with van der Waals surface area (Å²) < 4.78 is 0. The molecule has 23 heavy (non-hydrogen) atoms. The predicted molar refractivity (Wildman–Crippen MR) is 99.8 cm³/mol. The van der Waals surface area contributed by atoms with Crippen molar-refractivity contribution in [2.75, 3.05) is 0 Å². The summed E-state index contributed by atoms with van der Waals surface area (Å²) in [6.07, 6.45) is 0. The molecule has 1 aromatic heterocycles. The van der Waals surface area contributed by atoms with Crippen LogP contribution in [0.1, 0.15) is 11.1 Å². The Morgan fingerprint density at radius 2 is 1.09 bits per heavy atom. The van der Waals surface area contributed by atoms with Gasteiger partial charge in [-0.25, -0.2) is 0 Å². The molecule has 0 saturated carbocycles. The first-order valence-corrected chi connectivity index (χ1v) is 8.34. The third-order valence-electron chi connectivity index (χ3n) is 3.26. The minimum Gasteiger partial charge on any atom is -0.144 e. The van der Waals surface area contributed by atoms with Gasteiger partial charge in [0.15, 0.2) is 0 Å². The van der Waals surface area contributed by atoms with E-state index in [1.807, 2.05) is 54.6 Å². The van der Waals surface area contributed by atoms with Crippen LogP contribution in [0.2, 0.25) is 0 Å². The molecule has 0 aliphatic rings. The summed E-state index contributed by atoms with van der Waals surface area (Å²) >= 11 is 1.72. The summed E-state index contributed by atoms with van der Waals surface area (Å²) in [5.74, 6) is 6.40. The number of hydrogen-bond donors (Lipinski definition) is 0. The zero-order valence-electron chi connectivity index (χ0n) is 12.6. The van der Waals surface area contributed by atoms with Crippen molar-refractivity contribution < 1.29 is 0 Å². The van der Waals surface area contributed by atoms with Crippen LogP contribution < -0.4 is 0 Å². The van der Waals surface area contributed by atoms with Gasteiger partial charge in [0.05, 0.1) is 0 Å². The van der Waals surface area contributed by atoms with Gasteiger partial charge in [0.2, 0.25) is 0 Å². The number of rotatable bonds is 1. The standard InChI is InChI=1S/C22H16S/c1-2-7-11-22(23-18-8-3-1)21-16-14-20(15-17-21)13-12-19-9-5-4-6-10-19/h1-11,14-18H. The predicted octanol–water partition coefficient (Wildman–Crippen LogP) is 5.94. The molecule has 0 saturated heterocycles. The number of hydrogen-bond acceptors (Lipinski definition) is 1. The molecule has 3 rings (SSSR count). The van der Waals surface area contributed by atoms with Gasteiger partial charge in [0, 0.05) is 16.0 Å². The first-order valence-electron chi connectivity index (χ1n) is 7.46. The van der Waals surface area contributed by atoms with Crippen molar-refractivity contribution in [3.05, 3.63) is 108 Å². The lowest BCUT2D eigenvalue weighted by molar-refractivity contribution is 1.62. The highest BCUT2D eigenvalue weighted by Crippen LogP contribution is 2.22. The Bertz CT molecular complexity index is 837. The fourth-order valence-electron chi connectivity index (χ4n) is 2.08. The van der Waals surface area contributed by atoms with Crippen molar-refractivity contribution in [2.24, 2.45) is 0 Å². The molecule has 3 aromatic rings. The van der Waals surface area contributed by atoms with Gasteiger partial charge >= 0.3 is 0 Å². The number of benzene rings is 2. The van der Waals surface area contributed by atoms with E-state index in [4.69, 9.17) is 0 Å². The Morgan fingerprint density at radius 3 is 1.87 bits per heavy atom. The second-order valence-electron chi connectivity index (χ2n) is 4.94. The van der Waals surface area contributed by atoms with E-state index in [1.54, 1.807) is 11.3 Å². The SMILES string of the molecule is C(#Cc1ccc(-c2cccccccs2)cc1)c1ccccc1. The Kier molecular flexibility index (Phi) is 5.24. The lowest BCUT2D eigenvalue weighted by Gasteiger charge is -1.98. The molecule has 0 atom stereocenters. The average Bonchev–Trinajstić information content (AvgIpc) is 2.75. The quantitative estimate of drug-likeness (QED) is 0.488. The topological polar surface area (TPSA) is 0 Å². The maximum absolute atomic E-state index is 3.21. The molecule has 0 nitrogen and oxygen atoms in total. The van der Waals surface area contributed by atoms with Crippen LogP contribution in [0.4, 0.5) is 0 Å². The van der Waals surface area contributed by atoms with Crippen molar-refractivity contribution in [3.63, 3.8) is 0 Å². The molecule has 110 valence electrons. The summed E-state index contributed by atoms with van der Waals surface area (Å²) in [6, 6.07) is 30.8. The molecule has 0 bridgehead atoms. The van der Waals surface area contributed by atoms with E-state index in [1.165, 1.54) is 10.4 Å². The molecule has 0 radical (unpaired) electrons. The highest BCUT2D eigenvalue weighted by molar-refractivity contribution is 7.13. The second-order valence-corrected chi connectivity index (χ2v) is 5.89. The lowest BCUT2D eigenvalue weighted by Crippen LogP contribution is -1.77. The van der Waals surface area contributed by atoms with Gasteiger partial charge in [0.1, 0.15) is 0 Å². The van der Waals surface area contributed by atoms with Crippen LogP contribution in [0.3, 0.4) is 0 Å². The van der Waals surface area contributed by atoms with Gasteiger partial charge in [-0.1, -0.05) is 72.5 Å². The van der Waals surface area contributed by atoms with E-state index in [9.17, 15) is 0 Å². The highest BCUT2D eigenvalue weighted by atomic mass is 32.1. The zero-order valence-corrected chi connectivity index (χ0v) is 13.5. The van der Waals surface area contributed by atoms with Gasteiger partial charge < -0.3 is 0 Å². The normalized spacial score (nSPS) is 9.39. The maximum Gasteiger partial charge on any atom is 0.0342 e. The molecular formula is C22H16S. The van der Waals surface area contributed by atoms with Crippen molar-refractivity contribution in [1.29, 1.82) is 0 Å². The third kappa shape index (κ3) is 4.57. The largest absolute Gasteiger partial charge is 0.144 e. The van der Waals surface area contributed by atoms with Crippen molar-refractivity contribution in [3.8, 4) is 22.3 Å². The van der Waals surface area contributed by atoms with Crippen molar-refractivity contribution in [2.45, 2.75) is 0 Å². The van der Waals surface area contributed by atoms with Crippen LogP contribution in [0.25, 0.3) is 10.4 Å². The van der Waals surface area contributed by atoms with E-state index in [0.717, 1.165) is 11.1 Å². The summed E-state index contributed by atoms with van der Waals surface area (Å²) in [7, 11) is 0. The molecule has 1 heteroatoms. The molecule has 0 N–H and O–H groups in total. The Balaban J connectivity index is 1.86. The van der Waals surface area contributed by atoms with Crippen LogP contribution >= 0.6 is 11.3 Å². The van der Waals surface area contributed by atoms with Gasteiger partial charge in [-0.15, -0.1) is 11.3 Å². The van der Waals surface area contributed by atoms with Crippen LogP contribution in [0.5, 0.6) is 0 Å². The van der Waals surface area contributed by atoms with Crippen molar-refractivity contribution in [1.82, 2.24) is 0 Å². The molecule has 2 aromatic carbocycles. The molecule has 0 unspecified atom stereocenters. The first-order chi connectivity index (χ1) is 11.4. The highest BCUT2D eigenvalue weighted by Gasteiger charge is 1.95. The Morgan fingerprint density at radius 1 is 0.522 bits per heavy atom. The first kappa shape index (κ1) is 15.1. The smallest absolute Gasteiger partial charge is 0.0342 e. The molecule has 0 amide bonds. The van der Waals surface area contributed by atoms with Crippen LogP contribution in [0, 0.1) is 11.8 Å². The van der Waals surface area contributed by atoms with Crippen LogP contribution in [-0.4, -0.2) is 0 Å². The Labute approximate surface area is 141 Å². The monoisotopic (exact) mass is 312 g/mol. The minimum atomic E-state index is 1.03. The fourth-order valence-corrected chi connectivity index (χ4v) is 2.83. The summed E-state index contributed by atoms with van der Waals surface area (Å²) in [5.41, 5.74) is 3.27. The molecular weight excluding hydrogens is 296 g/mol. The zero-order chi connectivity index (χ0) is 15.7. The lowest BCUT2D eigenvalue weighted by atomic mass is 10.1. The molecule has 0 spiro atoms. The molecule has 0 fully saturated rings. The Hall–Kier alpha value is -2.82. The van der Waals surface area contributed by atoms with Crippen LogP contribution in [-0.2, 0) is 0 Å². The summed E-state index contributed by atoms with van der Waals surface area (Å²) in [5, 5.41) is 2.10. The second kappa shape index (κ2) is 7.98.